The Balaban J connectivity index is 2.39. The van der Waals surface area contributed by atoms with Crippen LogP contribution in [-0.2, 0) is 4.79 Å². The van der Waals surface area contributed by atoms with Crippen LogP contribution in [0.2, 0.25) is 6.82 Å². The van der Waals surface area contributed by atoms with Crippen LogP contribution in [0.1, 0.15) is 6.92 Å². The van der Waals surface area contributed by atoms with Gasteiger partial charge in [-0.25, -0.2) is 4.98 Å². The van der Waals surface area contributed by atoms with E-state index < -0.39 is 0 Å². The number of carbonyl (C=O) groups excluding carboxylic acids is 1. The SMILES string of the molecule is CBc1nc(-c2cccnc2)sc1N(C)C(=O)/C=C/C. The number of allylic oxidation sites excluding steroid dienone is 1. The maximum atomic E-state index is 12.0. The van der Waals surface area contributed by atoms with Crippen LogP contribution in [0, 0.1) is 0 Å². The quantitative estimate of drug-likeness (QED) is 0.636. The molecule has 6 heteroatoms. The number of anilines is 1. The summed E-state index contributed by atoms with van der Waals surface area (Å²) in [4.78, 5) is 22.3. The molecule has 2 aromatic heterocycles. The first-order valence-corrected chi connectivity index (χ1v) is 7.29. The smallest absolute Gasteiger partial charge is 0.251 e. The first-order chi connectivity index (χ1) is 9.67. The molecule has 20 heavy (non-hydrogen) atoms. The number of thiazole rings is 1. The van der Waals surface area contributed by atoms with Crippen molar-refractivity contribution in [1.29, 1.82) is 0 Å². The van der Waals surface area contributed by atoms with Gasteiger partial charge in [-0.05, 0) is 25.1 Å². The fourth-order valence-corrected chi connectivity index (χ4v) is 2.92. The van der Waals surface area contributed by atoms with Gasteiger partial charge in [0.1, 0.15) is 10.0 Å². The minimum Gasteiger partial charge on any atom is -0.302 e. The van der Waals surface area contributed by atoms with Crippen LogP contribution < -0.4 is 10.5 Å². The Morgan fingerprint density at radius 3 is 2.90 bits per heavy atom. The van der Waals surface area contributed by atoms with Crippen molar-refractivity contribution in [2.45, 2.75) is 13.7 Å². The molecule has 0 spiro atoms. The van der Waals surface area contributed by atoms with Crippen LogP contribution in [0.5, 0.6) is 0 Å². The first kappa shape index (κ1) is 14.5. The second-order valence-electron chi connectivity index (χ2n) is 4.26. The summed E-state index contributed by atoms with van der Waals surface area (Å²) in [6, 6.07) is 3.86. The third-order valence-electron chi connectivity index (χ3n) is 2.86. The Hall–Kier alpha value is -1.95. The normalized spacial score (nSPS) is 10.8. The Morgan fingerprint density at radius 2 is 2.30 bits per heavy atom. The third-order valence-corrected chi connectivity index (χ3v) is 4.09. The molecule has 0 N–H and O–H groups in total. The lowest BCUT2D eigenvalue weighted by Crippen LogP contribution is -2.29. The molecule has 0 unspecified atom stereocenters. The highest BCUT2D eigenvalue weighted by atomic mass is 32.1. The van der Waals surface area contributed by atoms with Gasteiger partial charge < -0.3 is 4.90 Å². The van der Waals surface area contributed by atoms with E-state index in [2.05, 4.69) is 9.97 Å². The molecular weight excluding hydrogens is 269 g/mol. The van der Waals surface area contributed by atoms with Gasteiger partial charge in [0.05, 0.1) is 0 Å². The molecule has 0 aliphatic rings. The minimum absolute atomic E-state index is 0.0383. The molecule has 0 radical (unpaired) electrons. The molecule has 0 saturated carbocycles. The van der Waals surface area contributed by atoms with Gasteiger partial charge in [-0.15, -0.1) is 0 Å². The molecule has 0 aliphatic carbocycles. The number of aromatic nitrogens is 2. The first-order valence-electron chi connectivity index (χ1n) is 6.47. The topological polar surface area (TPSA) is 46.1 Å². The molecule has 0 atom stereocenters. The molecule has 0 aliphatic heterocycles. The molecule has 0 saturated heterocycles. The van der Waals surface area contributed by atoms with Gasteiger partial charge in [0.15, 0.2) is 7.28 Å². The third kappa shape index (κ3) is 2.96. The van der Waals surface area contributed by atoms with E-state index in [9.17, 15) is 4.79 Å². The molecule has 0 aromatic carbocycles. The Kier molecular flexibility index (Phi) is 4.68. The predicted octanol–water partition coefficient (Wildman–Crippen LogP) is 1.85. The Labute approximate surface area is 123 Å². The number of hydrogen-bond donors (Lipinski definition) is 0. The lowest BCUT2D eigenvalue weighted by atomic mass is 9.78. The average Bonchev–Trinajstić information content (AvgIpc) is 2.91. The van der Waals surface area contributed by atoms with E-state index in [1.807, 2.05) is 25.9 Å². The average molecular weight is 285 g/mol. The number of hydrogen-bond acceptors (Lipinski definition) is 4. The van der Waals surface area contributed by atoms with E-state index in [0.717, 1.165) is 28.4 Å². The summed E-state index contributed by atoms with van der Waals surface area (Å²) in [6.45, 7) is 3.87. The molecular formula is C14H16BN3OS. The maximum Gasteiger partial charge on any atom is 0.251 e. The van der Waals surface area contributed by atoms with Crippen LogP contribution in [0.15, 0.2) is 36.7 Å². The van der Waals surface area contributed by atoms with Gasteiger partial charge in [-0.2, -0.15) is 0 Å². The number of nitrogens with zero attached hydrogens (tertiary/aromatic N) is 3. The van der Waals surface area contributed by atoms with Crippen molar-refractivity contribution in [1.82, 2.24) is 9.97 Å². The van der Waals surface area contributed by atoms with Gasteiger partial charge >= 0.3 is 0 Å². The predicted molar refractivity (Wildman–Crippen MR) is 86.2 cm³/mol. The Morgan fingerprint density at radius 1 is 1.50 bits per heavy atom. The summed E-state index contributed by atoms with van der Waals surface area (Å²) in [5, 5.41) is 1.79. The largest absolute Gasteiger partial charge is 0.302 e. The highest BCUT2D eigenvalue weighted by Gasteiger charge is 2.18. The number of pyridine rings is 1. The van der Waals surface area contributed by atoms with E-state index in [1.165, 1.54) is 11.3 Å². The molecule has 2 heterocycles. The lowest BCUT2D eigenvalue weighted by Gasteiger charge is -2.13. The lowest BCUT2D eigenvalue weighted by molar-refractivity contribution is -0.113. The van der Waals surface area contributed by atoms with Crippen LogP contribution in [0.3, 0.4) is 0 Å². The minimum atomic E-state index is -0.0383. The summed E-state index contributed by atoms with van der Waals surface area (Å²) in [5.74, 6) is -0.0383. The summed E-state index contributed by atoms with van der Waals surface area (Å²) in [5.41, 5.74) is 1.92. The van der Waals surface area contributed by atoms with Crippen molar-refractivity contribution in [3.63, 3.8) is 0 Å². The monoisotopic (exact) mass is 285 g/mol. The second-order valence-corrected chi connectivity index (χ2v) is 5.24. The van der Waals surface area contributed by atoms with Gasteiger partial charge in [0, 0.05) is 30.6 Å². The molecule has 2 rings (SSSR count). The summed E-state index contributed by atoms with van der Waals surface area (Å²) < 4.78 is 0. The van der Waals surface area contributed by atoms with Gasteiger partial charge in [0.25, 0.3) is 5.91 Å². The fraction of sp³-hybridized carbons (Fsp3) is 0.214. The standard InChI is InChI=1S/C14H16BN3OS/c1-4-6-11(19)18(3)14-12(15-2)17-13(20-14)10-7-5-8-16-9-10/h4-9,15H,1-3H3/b6-4+. The molecule has 102 valence electrons. The number of rotatable bonds is 4. The van der Waals surface area contributed by atoms with Crippen molar-refractivity contribution >= 4 is 35.1 Å². The summed E-state index contributed by atoms with van der Waals surface area (Å²) >= 11 is 1.52. The van der Waals surface area contributed by atoms with Crippen LogP contribution in [0.25, 0.3) is 10.6 Å². The number of carbonyl (C=O) groups is 1. The fourth-order valence-electron chi connectivity index (χ4n) is 1.80. The summed E-state index contributed by atoms with van der Waals surface area (Å²) in [6.07, 6.45) is 6.83. The van der Waals surface area contributed by atoms with Crippen LogP contribution in [0.4, 0.5) is 5.00 Å². The highest BCUT2D eigenvalue weighted by Crippen LogP contribution is 2.28. The zero-order chi connectivity index (χ0) is 14.5. The maximum absolute atomic E-state index is 12.0. The second kappa shape index (κ2) is 6.48. The van der Waals surface area contributed by atoms with Crippen molar-refractivity contribution in [3.05, 3.63) is 36.7 Å². The zero-order valence-corrected chi connectivity index (χ0v) is 12.6. The van der Waals surface area contributed by atoms with Crippen LogP contribution in [-0.4, -0.2) is 30.2 Å². The molecule has 0 bridgehead atoms. The molecule has 1 amide bonds. The zero-order valence-electron chi connectivity index (χ0n) is 11.8. The number of amides is 1. The van der Waals surface area contributed by atoms with E-state index in [4.69, 9.17) is 0 Å². The van der Waals surface area contributed by atoms with Crippen molar-refractivity contribution < 1.29 is 4.79 Å². The van der Waals surface area contributed by atoms with E-state index in [0.29, 0.717) is 0 Å². The van der Waals surface area contributed by atoms with E-state index in [-0.39, 0.29) is 5.91 Å². The van der Waals surface area contributed by atoms with Gasteiger partial charge in [-0.3, -0.25) is 9.78 Å². The van der Waals surface area contributed by atoms with Gasteiger partial charge in [-0.1, -0.05) is 24.2 Å². The molecule has 2 aromatic rings. The van der Waals surface area contributed by atoms with E-state index in [1.54, 1.807) is 36.5 Å². The van der Waals surface area contributed by atoms with Gasteiger partial charge in [0.2, 0.25) is 0 Å². The number of likely N-dealkylation sites (N-methyl/N-ethyl adjacent to an activating group) is 1. The van der Waals surface area contributed by atoms with Crippen molar-refractivity contribution in [2.75, 3.05) is 11.9 Å². The molecule has 0 fully saturated rings. The van der Waals surface area contributed by atoms with Crippen molar-refractivity contribution in [2.24, 2.45) is 0 Å². The van der Waals surface area contributed by atoms with Crippen LogP contribution >= 0.6 is 11.3 Å². The van der Waals surface area contributed by atoms with Crippen molar-refractivity contribution in [3.8, 4) is 10.6 Å². The molecule has 4 nitrogen and oxygen atoms in total. The van der Waals surface area contributed by atoms with E-state index >= 15 is 0 Å². The Bertz CT molecular complexity index is 625. The summed E-state index contributed by atoms with van der Waals surface area (Å²) in [7, 11) is 2.57. The highest BCUT2D eigenvalue weighted by molar-refractivity contribution is 7.20.